The fourth-order valence-corrected chi connectivity index (χ4v) is 5.30. The molecular formula is C27H31F3N2O5. The van der Waals surface area contributed by atoms with E-state index in [-0.39, 0.29) is 36.7 Å². The van der Waals surface area contributed by atoms with Gasteiger partial charge in [-0.1, -0.05) is 12.1 Å². The molecule has 2 aromatic rings. The van der Waals surface area contributed by atoms with Gasteiger partial charge in [0.2, 0.25) is 17.6 Å². The highest BCUT2D eigenvalue weighted by molar-refractivity contribution is 5.80. The van der Waals surface area contributed by atoms with E-state index in [0.29, 0.717) is 55.2 Å². The van der Waals surface area contributed by atoms with Crippen molar-refractivity contribution in [3.8, 4) is 17.2 Å². The number of nitrogens with zero attached hydrogens (tertiary/aromatic N) is 2. The number of amides is 2. The predicted molar refractivity (Wildman–Crippen MR) is 130 cm³/mol. The number of carbonyl (C=O) groups excluding carboxylic acids is 2. The minimum absolute atomic E-state index is 0.00153. The Morgan fingerprint density at radius 1 is 0.973 bits per heavy atom. The number of hydrogen-bond acceptors (Lipinski definition) is 5. The first-order valence-corrected chi connectivity index (χ1v) is 12.2. The molecule has 2 amide bonds. The van der Waals surface area contributed by atoms with Crippen molar-refractivity contribution in [2.24, 2.45) is 5.92 Å². The van der Waals surface area contributed by atoms with Gasteiger partial charge in [0.05, 0.1) is 33.3 Å². The number of carbonyl (C=O) groups is 2. The Morgan fingerprint density at radius 3 is 2.19 bits per heavy atom. The van der Waals surface area contributed by atoms with Gasteiger partial charge in [0.25, 0.3) is 0 Å². The molecule has 0 N–H and O–H groups in total. The van der Waals surface area contributed by atoms with E-state index in [4.69, 9.17) is 14.2 Å². The Labute approximate surface area is 214 Å². The molecule has 0 aliphatic carbocycles. The first-order valence-electron chi connectivity index (χ1n) is 12.2. The zero-order chi connectivity index (χ0) is 26.7. The summed E-state index contributed by atoms with van der Waals surface area (Å²) in [7, 11) is 4.56. The highest BCUT2D eigenvalue weighted by atomic mass is 19.4. The summed E-state index contributed by atoms with van der Waals surface area (Å²) in [6.07, 6.45) is -2.57. The van der Waals surface area contributed by atoms with Gasteiger partial charge in [-0.05, 0) is 54.2 Å². The largest absolute Gasteiger partial charge is 0.493 e. The quantitative estimate of drug-likeness (QED) is 0.544. The van der Waals surface area contributed by atoms with Crippen LogP contribution in [0.25, 0.3) is 0 Å². The first kappa shape index (κ1) is 26.6. The van der Waals surface area contributed by atoms with Crippen LogP contribution in [0.15, 0.2) is 36.4 Å². The van der Waals surface area contributed by atoms with E-state index < -0.39 is 11.7 Å². The fourth-order valence-electron chi connectivity index (χ4n) is 5.30. The molecule has 0 saturated carbocycles. The molecular weight excluding hydrogens is 489 g/mol. The SMILES string of the molecule is COc1cc(CC(=O)N2CC[C@@H]3[C@@H](CCC(=O)N3Cc3ccc(C(F)(F)F)cc3)C2)cc(OC)c1OC. The van der Waals surface area contributed by atoms with Gasteiger partial charge in [0.1, 0.15) is 0 Å². The molecule has 2 fully saturated rings. The van der Waals surface area contributed by atoms with Crippen molar-refractivity contribution in [1.82, 2.24) is 9.80 Å². The molecule has 2 heterocycles. The van der Waals surface area contributed by atoms with Crippen LogP contribution >= 0.6 is 0 Å². The van der Waals surface area contributed by atoms with Crippen LogP contribution in [0.5, 0.6) is 17.2 Å². The van der Waals surface area contributed by atoms with Gasteiger partial charge in [0.15, 0.2) is 11.5 Å². The van der Waals surface area contributed by atoms with Crippen LogP contribution in [0.2, 0.25) is 0 Å². The molecule has 0 unspecified atom stereocenters. The third-order valence-corrected chi connectivity index (χ3v) is 7.21. The maximum atomic E-state index is 13.2. The molecule has 2 saturated heterocycles. The van der Waals surface area contributed by atoms with Crippen LogP contribution in [0.3, 0.4) is 0 Å². The third kappa shape index (κ3) is 5.78. The summed E-state index contributed by atoms with van der Waals surface area (Å²) in [6.45, 7) is 1.30. The summed E-state index contributed by atoms with van der Waals surface area (Å²) in [5.41, 5.74) is 0.685. The molecule has 2 atom stereocenters. The highest BCUT2D eigenvalue weighted by Gasteiger charge is 2.40. The standard InChI is InChI=1S/C27H31F3N2O5/c1-35-22-12-18(13-23(36-2)26(22)37-3)14-25(34)31-11-10-21-19(16-31)6-9-24(33)32(21)15-17-4-7-20(8-5-17)27(28,29)30/h4-5,7-8,12-13,19,21H,6,9-11,14-16H2,1-3H3/t19-,21+/m0/s1. The molecule has 2 aromatic carbocycles. The molecule has 0 spiro atoms. The van der Waals surface area contributed by atoms with E-state index in [1.54, 1.807) is 17.0 Å². The van der Waals surface area contributed by atoms with Crippen LogP contribution < -0.4 is 14.2 Å². The number of fused-ring (bicyclic) bond motifs is 1. The Bertz CT molecular complexity index is 1110. The summed E-state index contributed by atoms with van der Waals surface area (Å²) in [5, 5.41) is 0. The number of piperidine rings is 2. The van der Waals surface area contributed by atoms with Gasteiger partial charge in [-0.3, -0.25) is 9.59 Å². The van der Waals surface area contributed by atoms with Crippen molar-refractivity contribution < 1.29 is 37.0 Å². The fraction of sp³-hybridized carbons (Fsp3) is 0.481. The van der Waals surface area contributed by atoms with Crippen LogP contribution in [0.4, 0.5) is 13.2 Å². The lowest BCUT2D eigenvalue weighted by molar-refractivity contribution is -0.145. The van der Waals surface area contributed by atoms with Gasteiger partial charge in [-0.2, -0.15) is 13.2 Å². The van der Waals surface area contributed by atoms with Crippen molar-refractivity contribution in [1.29, 1.82) is 0 Å². The number of methoxy groups -OCH3 is 3. The second-order valence-corrected chi connectivity index (χ2v) is 9.42. The second-order valence-electron chi connectivity index (χ2n) is 9.42. The zero-order valence-electron chi connectivity index (χ0n) is 21.1. The lowest BCUT2D eigenvalue weighted by atomic mass is 9.83. The van der Waals surface area contributed by atoms with Crippen LogP contribution in [0.1, 0.15) is 36.0 Å². The van der Waals surface area contributed by atoms with Crippen molar-refractivity contribution in [2.75, 3.05) is 34.4 Å². The number of alkyl halides is 3. The molecule has 0 aromatic heterocycles. The van der Waals surface area contributed by atoms with E-state index in [1.165, 1.54) is 33.5 Å². The average molecular weight is 521 g/mol. The average Bonchev–Trinajstić information content (AvgIpc) is 2.89. The summed E-state index contributed by atoms with van der Waals surface area (Å²) in [5.74, 6) is 1.50. The Morgan fingerprint density at radius 2 is 1.62 bits per heavy atom. The summed E-state index contributed by atoms with van der Waals surface area (Å²) in [6, 6.07) is 8.42. The van der Waals surface area contributed by atoms with Gasteiger partial charge in [0, 0.05) is 32.1 Å². The van der Waals surface area contributed by atoms with E-state index in [1.807, 2.05) is 4.90 Å². The number of benzene rings is 2. The number of rotatable bonds is 7. The maximum Gasteiger partial charge on any atom is 0.416 e. The highest BCUT2D eigenvalue weighted by Crippen LogP contribution is 2.39. The van der Waals surface area contributed by atoms with Crippen LogP contribution in [0, 0.1) is 5.92 Å². The third-order valence-electron chi connectivity index (χ3n) is 7.21. The second kappa shape index (κ2) is 10.9. The topological polar surface area (TPSA) is 68.3 Å². The molecule has 0 bridgehead atoms. The maximum absolute atomic E-state index is 13.2. The summed E-state index contributed by atoms with van der Waals surface area (Å²) < 4.78 is 54.8. The van der Waals surface area contributed by atoms with Crippen molar-refractivity contribution in [2.45, 2.75) is 44.4 Å². The number of halogens is 3. The van der Waals surface area contributed by atoms with Crippen molar-refractivity contribution in [3.05, 3.63) is 53.1 Å². The van der Waals surface area contributed by atoms with Gasteiger partial charge in [-0.25, -0.2) is 0 Å². The normalized spacial score (nSPS) is 19.9. The zero-order valence-corrected chi connectivity index (χ0v) is 21.1. The molecule has 2 aliphatic rings. The predicted octanol–water partition coefficient (Wildman–Crippen LogP) is 4.31. The molecule has 10 heteroatoms. The van der Waals surface area contributed by atoms with E-state index >= 15 is 0 Å². The van der Waals surface area contributed by atoms with Gasteiger partial charge < -0.3 is 24.0 Å². The smallest absolute Gasteiger partial charge is 0.416 e. The van der Waals surface area contributed by atoms with Crippen LogP contribution in [-0.4, -0.2) is 62.1 Å². The summed E-state index contributed by atoms with van der Waals surface area (Å²) >= 11 is 0. The molecule has 4 rings (SSSR count). The van der Waals surface area contributed by atoms with E-state index in [9.17, 15) is 22.8 Å². The van der Waals surface area contributed by atoms with E-state index in [0.717, 1.165) is 17.7 Å². The Hall–Kier alpha value is -3.43. The number of likely N-dealkylation sites (tertiary alicyclic amines) is 2. The minimum atomic E-state index is -4.40. The van der Waals surface area contributed by atoms with Crippen molar-refractivity contribution in [3.63, 3.8) is 0 Å². The molecule has 0 radical (unpaired) electrons. The molecule has 200 valence electrons. The number of ether oxygens (including phenoxy) is 3. The number of hydrogen-bond donors (Lipinski definition) is 0. The van der Waals surface area contributed by atoms with E-state index in [2.05, 4.69) is 0 Å². The Kier molecular flexibility index (Phi) is 7.85. The monoisotopic (exact) mass is 520 g/mol. The van der Waals surface area contributed by atoms with Crippen molar-refractivity contribution >= 4 is 11.8 Å². The molecule has 37 heavy (non-hydrogen) atoms. The lowest BCUT2D eigenvalue weighted by Crippen LogP contribution is -2.56. The minimum Gasteiger partial charge on any atom is -0.493 e. The summed E-state index contributed by atoms with van der Waals surface area (Å²) in [4.78, 5) is 29.5. The first-order chi connectivity index (χ1) is 17.6. The Balaban J connectivity index is 1.42. The molecule has 2 aliphatic heterocycles. The van der Waals surface area contributed by atoms with Gasteiger partial charge >= 0.3 is 6.18 Å². The van der Waals surface area contributed by atoms with Crippen LogP contribution in [-0.2, 0) is 28.7 Å². The molecule has 7 nitrogen and oxygen atoms in total. The van der Waals surface area contributed by atoms with Gasteiger partial charge in [-0.15, -0.1) is 0 Å². The lowest BCUT2D eigenvalue weighted by Gasteiger charge is -2.47.